The van der Waals surface area contributed by atoms with Crippen molar-refractivity contribution in [3.8, 4) is 34.3 Å². The number of fused-ring (bicyclic) bond motifs is 2. The SMILES string of the molecule is CCCCn1c(C2=CCCCC2)nc(-c2ccccc2)c1CN(Cc1ccc2c(c1)OCO2)Cc1ccc2c(c1)OCO2. The molecule has 43 heavy (non-hydrogen) atoms. The van der Waals surface area contributed by atoms with Crippen LogP contribution in [0.15, 0.2) is 72.8 Å². The maximum atomic E-state index is 5.73. The Labute approximate surface area is 253 Å². The molecule has 0 N–H and O–H groups in total. The molecule has 0 saturated carbocycles. The predicted octanol–water partition coefficient (Wildman–Crippen LogP) is 7.97. The van der Waals surface area contributed by atoms with Crippen molar-refractivity contribution >= 4 is 5.57 Å². The van der Waals surface area contributed by atoms with Gasteiger partial charge in [-0.1, -0.05) is 61.9 Å². The van der Waals surface area contributed by atoms with E-state index in [-0.39, 0.29) is 13.6 Å². The number of hydrogen-bond acceptors (Lipinski definition) is 6. The lowest BCUT2D eigenvalue weighted by Crippen LogP contribution is -2.25. The Morgan fingerprint density at radius 3 is 2.07 bits per heavy atom. The Hall–Kier alpha value is -4.23. The van der Waals surface area contributed by atoms with Crippen LogP contribution in [0.3, 0.4) is 0 Å². The molecule has 0 bridgehead atoms. The summed E-state index contributed by atoms with van der Waals surface area (Å²) in [5.41, 5.74) is 7.27. The van der Waals surface area contributed by atoms with Gasteiger partial charge in [-0.05, 0) is 73.1 Å². The largest absolute Gasteiger partial charge is 0.454 e. The van der Waals surface area contributed by atoms with Crippen LogP contribution < -0.4 is 18.9 Å². The first-order chi connectivity index (χ1) is 21.2. The van der Waals surface area contributed by atoms with Crippen molar-refractivity contribution in [3.63, 3.8) is 0 Å². The fourth-order valence-corrected chi connectivity index (χ4v) is 6.29. The second-order valence-electron chi connectivity index (χ2n) is 11.6. The topological polar surface area (TPSA) is 58.0 Å². The lowest BCUT2D eigenvalue weighted by atomic mass is 9.99. The molecule has 3 aliphatic rings. The number of unbranched alkanes of at least 4 members (excludes halogenated alkanes) is 1. The van der Waals surface area contributed by atoms with Crippen LogP contribution in [0.2, 0.25) is 0 Å². The van der Waals surface area contributed by atoms with Crippen LogP contribution in [0.4, 0.5) is 0 Å². The summed E-state index contributed by atoms with van der Waals surface area (Å²) in [4.78, 5) is 7.91. The van der Waals surface area contributed by atoms with Crippen molar-refractivity contribution in [1.82, 2.24) is 14.5 Å². The van der Waals surface area contributed by atoms with Gasteiger partial charge in [-0.3, -0.25) is 4.90 Å². The molecular weight excluding hydrogens is 538 g/mol. The Morgan fingerprint density at radius 1 is 0.767 bits per heavy atom. The van der Waals surface area contributed by atoms with Crippen LogP contribution in [0.5, 0.6) is 23.0 Å². The molecule has 7 rings (SSSR count). The van der Waals surface area contributed by atoms with Crippen molar-refractivity contribution < 1.29 is 18.9 Å². The Bertz CT molecular complexity index is 1550. The lowest BCUT2D eigenvalue weighted by molar-refractivity contribution is 0.173. The van der Waals surface area contributed by atoms with E-state index in [2.05, 4.69) is 77.1 Å². The molecule has 4 aromatic rings. The highest BCUT2D eigenvalue weighted by Crippen LogP contribution is 2.37. The van der Waals surface area contributed by atoms with E-state index in [0.717, 1.165) is 91.9 Å². The van der Waals surface area contributed by atoms with E-state index in [0.29, 0.717) is 0 Å². The average Bonchev–Trinajstić information content (AvgIpc) is 3.79. The van der Waals surface area contributed by atoms with Gasteiger partial charge in [0.25, 0.3) is 0 Å². The van der Waals surface area contributed by atoms with Crippen molar-refractivity contribution in [3.05, 3.63) is 95.5 Å². The van der Waals surface area contributed by atoms with Crippen LogP contribution in [-0.4, -0.2) is 28.0 Å². The van der Waals surface area contributed by atoms with Gasteiger partial charge in [0.05, 0.1) is 11.4 Å². The van der Waals surface area contributed by atoms with Crippen LogP contribution in [0.1, 0.15) is 68.1 Å². The van der Waals surface area contributed by atoms with Crippen molar-refractivity contribution in [2.24, 2.45) is 0 Å². The monoisotopic (exact) mass is 577 g/mol. The zero-order valence-corrected chi connectivity index (χ0v) is 24.9. The summed E-state index contributed by atoms with van der Waals surface area (Å²) in [6, 6.07) is 23.2. The Balaban J connectivity index is 1.30. The van der Waals surface area contributed by atoms with Gasteiger partial charge < -0.3 is 23.5 Å². The molecule has 7 heteroatoms. The highest BCUT2D eigenvalue weighted by atomic mass is 16.7. The van der Waals surface area contributed by atoms with Crippen molar-refractivity contribution in [2.75, 3.05) is 13.6 Å². The number of hydrogen-bond donors (Lipinski definition) is 0. The maximum absolute atomic E-state index is 5.73. The number of imidazole rings is 1. The third-order valence-electron chi connectivity index (χ3n) is 8.49. The normalized spacial score (nSPS) is 15.3. The van der Waals surface area contributed by atoms with E-state index < -0.39 is 0 Å². The number of ether oxygens (including phenoxy) is 4. The van der Waals surface area contributed by atoms with E-state index in [1.807, 2.05) is 12.1 Å². The minimum absolute atomic E-state index is 0.273. The predicted molar refractivity (Wildman–Crippen MR) is 167 cm³/mol. The second-order valence-corrected chi connectivity index (χ2v) is 11.6. The van der Waals surface area contributed by atoms with Crippen LogP contribution in [0.25, 0.3) is 16.8 Å². The molecule has 7 nitrogen and oxygen atoms in total. The number of nitrogens with zero attached hydrogens (tertiary/aromatic N) is 3. The fraction of sp³-hybridized carbons (Fsp3) is 0.361. The standard InChI is InChI=1S/C36H39N3O4/c1-2-3-18-39-30(35(28-10-6-4-7-11-28)37-36(39)29-12-8-5-9-13-29)23-38(21-26-14-16-31-33(19-26)42-24-40-31)22-27-15-17-32-34(20-27)43-25-41-32/h4,6-7,10-12,14-17,19-20H,2-3,5,8-9,13,18,21-25H2,1H3. The Kier molecular flexibility index (Phi) is 8.06. The van der Waals surface area contributed by atoms with Crippen LogP contribution in [0, 0.1) is 0 Å². The van der Waals surface area contributed by atoms with Gasteiger partial charge in [0, 0.05) is 31.7 Å². The second kappa shape index (κ2) is 12.6. The first kappa shape index (κ1) is 27.6. The number of allylic oxidation sites excluding steroid dienone is 2. The molecule has 3 heterocycles. The molecule has 0 unspecified atom stereocenters. The molecule has 0 amide bonds. The van der Waals surface area contributed by atoms with Crippen molar-refractivity contribution in [1.29, 1.82) is 0 Å². The molecule has 222 valence electrons. The number of aromatic nitrogens is 2. The molecule has 2 aliphatic heterocycles. The molecular formula is C36H39N3O4. The summed E-state index contributed by atoms with van der Waals surface area (Å²) in [5.74, 6) is 4.38. The summed E-state index contributed by atoms with van der Waals surface area (Å²) in [6.07, 6.45) is 9.38. The average molecular weight is 578 g/mol. The highest BCUT2D eigenvalue weighted by Gasteiger charge is 2.25. The van der Waals surface area contributed by atoms with E-state index in [4.69, 9.17) is 23.9 Å². The number of rotatable bonds is 11. The first-order valence-corrected chi connectivity index (χ1v) is 15.6. The molecule has 1 aliphatic carbocycles. The van der Waals surface area contributed by atoms with Gasteiger partial charge in [0.1, 0.15) is 5.82 Å². The molecule has 0 radical (unpaired) electrons. The minimum Gasteiger partial charge on any atom is -0.454 e. The van der Waals surface area contributed by atoms with Gasteiger partial charge in [0.2, 0.25) is 13.6 Å². The molecule has 0 saturated heterocycles. The maximum Gasteiger partial charge on any atom is 0.231 e. The summed E-state index contributed by atoms with van der Waals surface area (Å²) < 4.78 is 25.2. The quantitative estimate of drug-likeness (QED) is 0.180. The van der Waals surface area contributed by atoms with Gasteiger partial charge in [-0.25, -0.2) is 4.98 Å². The van der Waals surface area contributed by atoms with Gasteiger partial charge >= 0.3 is 0 Å². The third-order valence-corrected chi connectivity index (χ3v) is 8.49. The van der Waals surface area contributed by atoms with Crippen LogP contribution in [-0.2, 0) is 26.2 Å². The first-order valence-electron chi connectivity index (χ1n) is 15.6. The van der Waals surface area contributed by atoms with E-state index in [9.17, 15) is 0 Å². The zero-order valence-electron chi connectivity index (χ0n) is 24.9. The zero-order chi connectivity index (χ0) is 29.0. The molecule has 0 atom stereocenters. The summed E-state index contributed by atoms with van der Waals surface area (Å²) in [5, 5.41) is 0. The molecule has 1 aromatic heterocycles. The Morgan fingerprint density at radius 2 is 1.44 bits per heavy atom. The fourth-order valence-electron chi connectivity index (χ4n) is 6.29. The third kappa shape index (κ3) is 6.00. The van der Waals surface area contributed by atoms with Gasteiger partial charge in [-0.2, -0.15) is 0 Å². The summed E-state index contributed by atoms with van der Waals surface area (Å²) >= 11 is 0. The highest BCUT2D eigenvalue weighted by molar-refractivity contribution is 5.69. The van der Waals surface area contributed by atoms with E-state index in [1.54, 1.807) is 0 Å². The van der Waals surface area contributed by atoms with E-state index in [1.165, 1.54) is 35.2 Å². The number of benzene rings is 3. The molecule has 0 spiro atoms. The summed E-state index contributed by atoms with van der Waals surface area (Å²) in [7, 11) is 0. The summed E-state index contributed by atoms with van der Waals surface area (Å²) in [6.45, 7) is 6.01. The van der Waals surface area contributed by atoms with E-state index >= 15 is 0 Å². The lowest BCUT2D eigenvalue weighted by Gasteiger charge is -2.25. The van der Waals surface area contributed by atoms with Crippen LogP contribution >= 0.6 is 0 Å². The van der Waals surface area contributed by atoms with Gasteiger partial charge in [-0.15, -0.1) is 0 Å². The smallest absolute Gasteiger partial charge is 0.231 e. The van der Waals surface area contributed by atoms with Crippen molar-refractivity contribution in [2.45, 2.75) is 71.6 Å². The molecule has 0 fully saturated rings. The van der Waals surface area contributed by atoms with Gasteiger partial charge in [0.15, 0.2) is 23.0 Å². The molecule has 3 aromatic carbocycles. The minimum atomic E-state index is 0.273.